The summed E-state index contributed by atoms with van der Waals surface area (Å²) in [6.45, 7) is 4.27. The van der Waals surface area contributed by atoms with Gasteiger partial charge in [0.1, 0.15) is 0 Å². The molecule has 1 aromatic heterocycles. The molecule has 3 nitrogen and oxygen atoms in total. The molecule has 1 heterocycles. The zero-order valence-electron chi connectivity index (χ0n) is 12.9. The maximum Gasteiger partial charge on any atom is 0.279 e. The Bertz CT molecular complexity index is 885. The number of para-hydroxylation sites is 1. The third-order valence-corrected chi connectivity index (χ3v) is 4.85. The standard InChI is InChI=1S/C18H18N2OS/c1-12(2)13-8-10-14(11-9-13)17(21)19-18-20(3)15-6-4-5-7-16(15)22-18/h4-12H,1-3H3. The molecule has 0 saturated carbocycles. The largest absolute Gasteiger partial charge is 0.319 e. The molecule has 3 rings (SSSR count). The van der Waals surface area contributed by atoms with Crippen molar-refractivity contribution in [2.75, 3.05) is 0 Å². The molecule has 4 heteroatoms. The van der Waals surface area contributed by atoms with Crippen molar-refractivity contribution in [3.05, 3.63) is 64.5 Å². The molecule has 0 aliphatic rings. The van der Waals surface area contributed by atoms with Crippen LogP contribution in [0, 0.1) is 0 Å². The molecule has 0 unspecified atom stereocenters. The molecule has 0 fully saturated rings. The Labute approximate surface area is 133 Å². The summed E-state index contributed by atoms with van der Waals surface area (Å²) in [6, 6.07) is 15.8. The van der Waals surface area contributed by atoms with Crippen LogP contribution in [-0.2, 0) is 7.05 Å². The molecule has 0 aliphatic heterocycles. The second kappa shape index (κ2) is 5.89. The summed E-state index contributed by atoms with van der Waals surface area (Å²) >= 11 is 1.53. The van der Waals surface area contributed by atoms with Gasteiger partial charge in [0.25, 0.3) is 5.91 Å². The van der Waals surface area contributed by atoms with Crippen LogP contribution in [0.3, 0.4) is 0 Å². The van der Waals surface area contributed by atoms with Crippen LogP contribution in [0.25, 0.3) is 10.2 Å². The number of aromatic nitrogens is 1. The van der Waals surface area contributed by atoms with Gasteiger partial charge < -0.3 is 4.57 Å². The van der Waals surface area contributed by atoms with E-state index < -0.39 is 0 Å². The van der Waals surface area contributed by atoms with Crippen molar-refractivity contribution in [2.45, 2.75) is 19.8 Å². The van der Waals surface area contributed by atoms with Gasteiger partial charge in [-0.3, -0.25) is 4.79 Å². The number of hydrogen-bond donors (Lipinski definition) is 0. The van der Waals surface area contributed by atoms with Gasteiger partial charge in [0.05, 0.1) is 10.2 Å². The molecule has 2 aromatic carbocycles. The number of carbonyl (C=O) groups is 1. The van der Waals surface area contributed by atoms with Crippen molar-refractivity contribution in [1.29, 1.82) is 0 Å². The molecular formula is C18H18N2OS. The van der Waals surface area contributed by atoms with E-state index in [2.05, 4.69) is 18.8 Å². The molecule has 0 spiro atoms. The van der Waals surface area contributed by atoms with Crippen molar-refractivity contribution in [3.63, 3.8) is 0 Å². The van der Waals surface area contributed by atoms with Gasteiger partial charge in [-0.05, 0) is 35.7 Å². The van der Waals surface area contributed by atoms with Crippen molar-refractivity contribution < 1.29 is 4.79 Å². The van der Waals surface area contributed by atoms with E-state index in [0.29, 0.717) is 11.5 Å². The molecule has 112 valence electrons. The lowest BCUT2D eigenvalue weighted by molar-refractivity contribution is 0.0998. The minimum atomic E-state index is -0.197. The van der Waals surface area contributed by atoms with E-state index in [1.54, 1.807) is 0 Å². The van der Waals surface area contributed by atoms with Crippen LogP contribution in [0.1, 0.15) is 35.7 Å². The topological polar surface area (TPSA) is 34.4 Å². The summed E-state index contributed by atoms with van der Waals surface area (Å²) in [5, 5.41) is 0. The van der Waals surface area contributed by atoms with Gasteiger partial charge in [-0.25, -0.2) is 0 Å². The summed E-state index contributed by atoms with van der Waals surface area (Å²) < 4.78 is 3.09. The molecule has 0 aliphatic carbocycles. The van der Waals surface area contributed by atoms with Gasteiger partial charge in [-0.15, -0.1) is 0 Å². The van der Waals surface area contributed by atoms with Gasteiger partial charge in [0.15, 0.2) is 4.80 Å². The SMILES string of the molecule is CC(C)c1ccc(C(=O)N=c2sc3ccccc3n2C)cc1. The summed E-state index contributed by atoms with van der Waals surface area (Å²) in [7, 11) is 1.94. The first-order valence-electron chi connectivity index (χ1n) is 7.30. The average Bonchev–Trinajstić information content (AvgIpc) is 2.84. The first kappa shape index (κ1) is 14.7. The van der Waals surface area contributed by atoms with Crippen LogP contribution in [0.15, 0.2) is 53.5 Å². The smallest absolute Gasteiger partial charge is 0.279 e. The van der Waals surface area contributed by atoms with Crippen LogP contribution in [0.5, 0.6) is 0 Å². The van der Waals surface area contributed by atoms with Crippen LogP contribution < -0.4 is 4.80 Å². The lowest BCUT2D eigenvalue weighted by atomic mass is 10.0. The Morgan fingerprint density at radius 2 is 1.77 bits per heavy atom. The Kier molecular flexibility index (Phi) is 3.94. The summed E-state index contributed by atoms with van der Waals surface area (Å²) in [5.41, 5.74) is 2.94. The Morgan fingerprint density at radius 3 is 2.41 bits per heavy atom. The van der Waals surface area contributed by atoms with E-state index >= 15 is 0 Å². The number of fused-ring (bicyclic) bond motifs is 1. The van der Waals surface area contributed by atoms with Crippen molar-refractivity contribution in [3.8, 4) is 0 Å². The van der Waals surface area contributed by atoms with E-state index in [9.17, 15) is 4.79 Å². The predicted octanol–water partition coefficient (Wildman–Crippen LogP) is 4.10. The lowest BCUT2D eigenvalue weighted by Crippen LogP contribution is -2.13. The molecule has 0 radical (unpaired) electrons. The minimum absolute atomic E-state index is 0.197. The second-order valence-electron chi connectivity index (χ2n) is 5.61. The number of aryl methyl sites for hydroxylation is 1. The van der Waals surface area contributed by atoms with Gasteiger partial charge >= 0.3 is 0 Å². The lowest BCUT2D eigenvalue weighted by Gasteiger charge is -2.04. The minimum Gasteiger partial charge on any atom is -0.319 e. The molecule has 0 saturated heterocycles. The Hall–Kier alpha value is -2.20. The molecule has 1 amide bonds. The van der Waals surface area contributed by atoms with Crippen molar-refractivity contribution in [1.82, 2.24) is 4.57 Å². The first-order chi connectivity index (χ1) is 10.6. The average molecular weight is 310 g/mol. The number of nitrogens with zero attached hydrogens (tertiary/aromatic N) is 2. The zero-order chi connectivity index (χ0) is 15.7. The molecule has 0 bridgehead atoms. The highest BCUT2D eigenvalue weighted by Crippen LogP contribution is 2.17. The Balaban J connectivity index is 1.99. The monoisotopic (exact) mass is 310 g/mol. The fourth-order valence-electron chi connectivity index (χ4n) is 2.35. The van der Waals surface area contributed by atoms with Crippen LogP contribution >= 0.6 is 11.3 Å². The molecule has 0 N–H and O–H groups in total. The predicted molar refractivity (Wildman–Crippen MR) is 91.2 cm³/mol. The first-order valence-corrected chi connectivity index (χ1v) is 8.11. The number of carbonyl (C=O) groups excluding carboxylic acids is 1. The van der Waals surface area contributed by atoms with E-state index in [1.807, 2.05) is 60.1 Å². The van der Waals surface area contributed by atoms with Crippen LogP contribution in [0.4, 0.5) is 0 Å². The summed E-state index contributed by atoms with van der Waals surface area (Å²) in [5.74, 6) is 0.263. The van der Waals surface area contributed by atoms with E-state index in [4.69, 9.17) is 0 Å². The highest BCUT2D eigenvalue weighted by molar-refractivity contribution is 7.16. The number of rotatable bonds is 2. The summed E-state index contributed by atoms with van der Waals surface area (Å²) in [6.07, 6.45) is 0. The number of benzene rings is 2. The van der Waals surface area contributed by atoms with E-state index in [1.165, 1.54) is 16.9 Å². The summed E-state index contributed by atoms with van der Waals surface area (Å²) in [4.78, 5) is 17.4. The van der Waals surface area contributed by atoms with Gasteiger partial charge in [-0.2, -0.15) is 4.99 Å². The third kappa shape index (κ3) is 2.74. The van der Waals surface area contributed by atoms with Crippen LogP contribution in [-0.4, -0.2) is 10.5 Å². The zero-order valence-corrected chi connectivity index (χ0v) is 13.7. The fourth-order valence-corrected chi connectivity index (χ4v) is 3.37. The number of amides is 1. The molecule has 22 heavy (non-hydrogen) atoms. The second-order valence-corrected chi connectivity index (χ2v) is 6.61. The fraction of sp³-hybridized carbons (Fsp3) is 0.222. The van der Waals surface area contributed by atoms with E-state index in [-0.39, 0.29) is 5.91 Å². The Morgan fingerprint density at radius 1 is 1.09 bits per heavy atom. The van der Waals surface area contributed by atoms with Crippen molar-refractivity contribution >= 4 is 27.5 Å². The quantitative estimate of drug-likeness (QED) is 0.701. The van der Waals surface area contributed by atoms with Crippen LogP contribution in [0.2, 0.25) is 0 Å². The number of hydrogen-bond acceptors (Lipinski definition) is 2. The molecule has 0 atom stereocenters. The maximum absolute atomic E-state index is 12.4. The van der Waals surface area contributed by atoms with Crippen molar-refractivity contribution in [2.24, 2.45) is 12.0 Å². The van der Waals surface area contributed by atoms with Gasteiger partial charge in [0, 0.05) is 12.6 Å². The highest BCUT2D eigenvalue weighted by Gasteiger charge is 2.07. The molecular weight excluding hydrogens is 292 g/mol. The van der Waals surface area contributed by atoms with Gasteiger partial charge in [0.2, 0.25) is 0 Å². The number of thiazole rings is 1. The highest BCUT2D eigenvalue weighted by atomic mass is 32.1. The maximum atomic E-state index is 12.4. The molecule has 3 aromatic rings. The normalized spacial score (nSPS) is 12.3. The third-order valence-electron chi connectivity index (χ3n) is 3.74. The van der Waals surface area contributed by atoms with Gasteiger partial charge in [-0.1, -0.05) is 49.4 Å². The van der Waals surface area contributed by atoms with E-state index in [0.717, 1.165) is 15.0 Å².